The number of ether oxygens (including phenoxy) is 2. The van der Waals surface area contributed by atoms with Gasteiger partial charge in [-0.2, -0.15) is 13.2 Å². The third-order valence-corrected chi connectivity index (χ3v) is 4.10. The molecule has 0 atom stereocenters. The summed E-state index contributed by atoms with van der Waals surface area (Å²) in [5, 5.41) is 4.75. The summed E-state index contributed by atoms with van der Waals surface area (Å²) in [5.41, 5.74) is -0.664. The van der Waals surface area contributed by atoms with Gasteiger partial charge in [0.2, 0.25) is 0 Å². The maximum atomic E-state index is 14.3. The molecule has 0 fully saturated rings. The minimum Gasteiger partial charge on any atom is -0.495 e. The molecule has 0 aliphatic heterocycles. The lowest BCUT2D eigenvalue weighted by atomic mass is 10.2. The molecule has 0 radical (unpaired) electrons. The van der Waals surface area contributed by atoms with Crippen LogP contribution in [0.25, 0.3) is 0 Å². The predicted octanol–water partition coefficient (Wildman–Crippen LogP) is 5.36. The molecular weight excluding hydrogens is 418 g/mol. The number of alkyl halides is 3. The standard InChI is InChI=1S/C21H17F4N3O3/c1-30-19-5-3-14(21(23,24)25)11-17(19)28-20(29)27-12-13-2-4-18(16(22)10-13)31-15-6-8-26-9-7-15/h2-11H,12H2,1H3,(H2,27,28,29). The van der Waals surface area contributed by atoms with E-state index in [2.05, 4.69) is 15.6 Å². The number of carbonyl (C=O) groups is 1. The molecule has 31 heavy (non-hydrogen) atoms. The number of rotatable bonds is 6. The van der Waals surface area contributed by atoms with E-state index in [1.165, 1.54) is 31.6 Å². The highest BCUT2D eigenvalue weighted by Crippen LogP contribution is 2.35. The van der Waals surface area contributed by atoms with Gasteiger partial charge < -0.3 is 20.1 Å². The Bertz CT molecular complexity index is 1060. The Morgan fingerprint density at radius 3 is 2.39 bits per heavy atom. The second-order valence-corrected chi connectivity index (χ2v) is 6.27. The Balaban J connectivity index is 1.63. The Hall–Kier alpha value is -3.82. The number of benzene rings is 2. The van der Waals surface area contributed by atoms with E-state index < -0.39 is 23.6 Å². The first kappa shape index (κ1) is 21.9. The molecule has 0 saturated carbocycles. The van der Waals surface area contributed by atoms with Gasteiger partial charge in [-0.1, -0.05) is 6.07 Å². The van der Waals surface area contributed by atoms with Crippen LogP contribution in [0.2, 0.25) is 0 Å². The van der Waals surface area contributed by atoms with E-state index in [1.807, 2.05) is 0 Å². The molecule has 0 aliphatic carbocycles. The van der Waals surface area contributed by atoms with Crippen LogP contribution in [0.4, 0.5) is 28.0 Å². The number of carbonyl (C=O) groups excluding carboxylic acids is 1. The minimum atomic E-state index is -4.57. The summed E-state index contributed by atoms with van der Waals surface area (Å²) < 4.78 is 63.4. The van der Waals surface area contributed by atoms with Gasteiger partial charge in [0.1, 0.15) is 11.5 Å². The number of hydrogen-bond donors (Lipinski definition) is 2. The lowest BCUT2D eigenvalue weighted by molar-refractivity contribution is -0.137. The predicted molar refractivity (Wildman–Crippen MR) is 105 cm³/mol. The van der Waals surface area contributed by atoms with Crippen LogP contribution in [-0.4, -0.2) is 18.1 Å². The molecule has 10 heteroatoms. The Morgan fingerprint density at radius 2 is 1.74 bits per heavy atom. The molecule has 2 aromatic carbocycles. The Morgan fingerprint density at radius 1 is 1.03 bits per heavy atom. The number of anilines is 1. The molecule has 6 nitrogen and oxygen atoms in total. The number of halogens is 4. The highest BCUT2D eigenvalue weighted by Gasteiger charge is 2.31. The van der Waals surface area contributed by atoms with Gasteiger partial charge in [0.05, 0.1) is 18.4 Å². The lowest BCUT2D eigenvalue weighted by Gasteiger charge is -2.14. The van der Waals surface area contributed by atoms with Gasteiger partial charge in [-0.25, -0.2) is 9.18 Å². The monoisotopic (exact) mass is 435 g/mol. The number of amides is 2. The number of hydrogen-bond acceptors (Lipinski definition) is 4. The first-order valence-electron chi connectivity index (χ1n) is 8.92. The smallest absolute Gasteiger partial charge is 0.416 e. The summed E-state index contributed by atoms with van der Waals surface area (Å²) in [4.78, 5) is 16.0. The highest BCUT2D eigenvalue weighted by atomic mass is 19.4. The number of nitrogens with one attached hydrogen (secondary N) is 2. The number of nitrogens with zero attached hydrogens (tertiary/aromatic N) is 1. The largest absolute Gasteiger partial charge is 0.495 e. The molecule has 0 bridgehead atoms. The number of aromatic nitrogens is 1. The van der Waals surface area contributed by atoms with Crippen molar-refractivity contribution in [3.8, 4) is 17.2 Å². The van der Waals surface area contributed by atoms with Crippen molar-refractivity contribution in [2.75, 3.05) is 12.4 Å². The second kappa shape index (κ2) is 9.33. The normalized spacial score (nSPS) is 11.0. The molecule has 0 spiro atoms. The third kappa shape index (κ3) is 5.84. The zero-order valence-electron chi connectivity index (χ0n) is 16.2. The van der Waals surface area contributed by atoms with Crippen LogP contribution in [0.5, 0.6) is 17.2 Å². The molecule has 0 aliphatic rings. The second-order valence-electron chi connectivity index (χ2n) is 6.27. The van der Waals surface area contributed by atoms with Gasteiger partial charge >= 0.3 is 12.2 Å². The molecule has 2 amide bonds. The first-order chi connectivity index (χ1) is 14.8. The van der Waals surface area contributed by atoms with Crippen molar-refractivity contribution < 1.29 is 31.8 Å². The third-order valence-electron chi connectivity index (χ3n) is 4.10. The zero-order valence-corrected chi connectivity index (χ0v) is 16.2. The molecule has 0 saturated heterocycles. The van der Waals surface area contributed by atoms with Gasteiger partial charge in [-0.05, 0) is 48.0 Å². The van der Waals surface area contributed by atoms with E-state index >= 15 is 0 Å². The fourth-order valence-corrected chi connectivity index (χ4v) is 2.60. The van der Waals surface area contributed by atoms with Crippen LogP contribution >= 0.6 is 0 Å². The van der Waals surface area contributed by atoms with Crippen LogP contribution in [-0.2, 0) is 12.7 Å². The number of pyridine rings is 1. The molecule has 3 rings (SSSR count). The molecule has 1 heterocycles. The van der Waals surface area contributed by atoms with Crippen LogP contribution in [0.3, 0.4) is 0 Å². The van der Waals surface area contributed by atoms with E-state index in [-0.39, 0.29) is 23.7 Å². The van der Waals surface area contributed by atoms with E-state index in [0.29, 0.717) is 11.3 Å². The summed E-state index contributed by atoms with van der Waals surface area (Å²) >= 11 is 0. The van der Waals surface area contributed by atoms with Crippen molar-refractivity contribution in [1.82, 2.24) is 10.3 Å². The maximum absolute atomic E-state index is 14.3. The molecule has 162 valence electrons. The average molecular weight is 435 g/mol. The quantitative estimate of drug-likeness (QED) is 0.511. The average Bonchev–Trinajstić information content (AvgIpc) is 2.74. The summed E-state index contributed by atoms with van der Waals surface area (Å²) in [7, 11) is 1.27. The molecule has 3 aromatic rings. The van der Waals surface area contributed by atoms with Crippen molar-refractivity contribution in [2.24, 2.45) is 0 Å². The van der Waals surface area contributed by atoms with Crippen molar-refractivity contribution in [1.29, 1.82) is 0 Å². The summed E-state index contributed by atoms with van der Waals surface area (Å²) in [6, 6.07) is 9.21. The molecule has 1 aromatic heterocycles. The fraction of sp³-hybridized carbons (Fsp3) is 0.143. The number of methoxy groups -OCH3 is 1. The van der Waals surface area contributed by atoms with E-state index in [4.69, 9.17) is 9.47 Å². The van der Waals surface area contributed by atoms with Crippen LogP contribution in [0, 0.1) is 5.82 Å². The van der Waals surface area contributed by atoms with Gasteiger partial charge in [0, 0.05) is 18.9 Å². The van der Waals surface area contributed by atoms with E-state index in [9.17, 15) is 22.4 Å². The molecular formula is C21H17F4N3O3. The van der Waals surface area contributed by atoms with E-state index in [0.717, 1.165) is 18.2 Å². The van der Waals surface area contributed by atoms with Gasteiger partial charge in [-0.3, -0.25) is 4.98 Å². The molecule has 0 unspecified atom stereocenters. The van der Waals surface area contributed by atoms with E-state index in [1.54, 1.807) is 18.2 Å². The highest BCUT2D eigenvalue weighted by molar-refractivity contribution is 5.91. The summed E-state index contributed by atoms with van der Waals surface area (Å²) in [5.74, 6) is -0.176. The van der Waals surface area contributed by atoms with Gasteiger partial charge in [-0.15, -0.1) is 0 Å². The van der Waals surface area contributed by atoms with Crippen LogP contribution in [0.1, 0.15) is 11.1 Å². The first-order valence-corrected chi connectivity index (χ1v) is 8.92. The maximum Gasteiger partial charge on any atom is 0.416 e. The van der Waals surface area contributed by atoms with Crippen LogP contribution < -0.4 is 20.1 Å². The number of urea groups is 1. The zero-order chi connectivity index (χ0) is 22.4. The van der Waals surface area contributed by atoms with Gasteiger partial charge in [0.15, 0.2) is 11.6 Å². The lowest BCUT2D eigenvalue weighted by Crippen LogP contribution is -2.28. The fourth-order valence-electron chi connectivity index (χ4n) is 2.60. The van der Waals surface area contributed by atoms with Gasteiger partial charge in [0.25, 0.3) is 0 Å². The van der Waals surface area contributed by atoms with Crippen molar-refractivity contribution >= 4 is 11.7 Å². The topological polar surface area (TPSA) is 72.5 Å². The van der Waals surface area contributed by atoms with Crippen molar-refractivity contribution in [2.45, 2.75) is 12.7 Å². The summed E-state index contributed by atoms with van der Waals surface area (Å²) in [6.07, 6.45) is -1.57. The minimum absolute atomic E-state index is 0.00639. The van der Waals surface area contributed by atoms with Crippen LogP contribution in [0.15, 0.2) is 60.9 Å². The van der Waals surface area contributed by atoms with Crippen molar-refractivity contribution in [3.63, 3.8) is 0 Å². The Kier molecular flexibility index (Phi) is 6.58. The van der Waals surface area contributed by atoms with Crippen molar-refractivity contribution in [3.05, 3.63) is 77.9 Å². The SMILES string of the molecule is COc1ccc(C(F)(F)F)cc1NC(=O)NCc1ccc(Oc2ccncc2)c(F)c1. The summed E-state index contributed by atoms with van der Waals surface area (Å²) in [6.45, 7) is -0.0699. The molecule has 2 N–H and O–H groups in total. The Labute approximate surface area is 174 Å².